The molecule has 0 spiro atoms. The number of hydrogen-bond acceptors (Lipinski definition) is 7. The van der Waals surface area contributed by atoms with Crippen molar-refractivity contribution in [2.45, 2.75) is 12.5 Å². The Morgan fingerprint density at radius 1 is 1.40 bits per heavy atom. The summed E-state index contributed by atoms with van der Waals surface area (Å²) in [6.07, 6.45) is 0. The van der Waals surface area contributed by atoms with Crippen LogP contribution in [0.1, 0.15) is 17.3 Å². The number of methoxy groups -OCH3 is 2. The lowest BCUT2D eigenvalue weighted by atomic mass is 10.1. The van der Waals surface area contributed by atoms with Gasteiger partial charge in [-0.1, -0.05) is 0 Å². The summed E-state index contributed by atoms with van der Waals surface area (Å²) in [5.74, 6) is -1.66. The van der Waals surface area contributed by atoms with Crippen LogP contribution in [-0.4, -0.2) is 53.5 Å². The minimum absolute atomic E-state index is 0.0387. The smallest absolute Gasteiger partial charge is 0.343 e. The quantitative estimate of drug-likeness (QED) is 0.631. The number of carbonyl (C=O) groups excluding carboxylic acids is 1. The summed E-state index contributed by atoms with van der Waals surface area (Å²) >= 11 is 0. The Morgan fingerprint density at radius 2 is 2.05 bits per heavy atom. The van der Waals surface area contributed by atoms with E-state index in [2.05, 4.69) is 15.0 Å². The van der Waals surface area contributed by atoms with Gasteiger partial charge in [0.25, 0.3) is 0 Å². The molecule has 8 nitrogen and oxygen atoms in total. The molecule has 0 aliphatic heterocycles. The number of rotatable bonds is 6. The van der Waals surface area contributed by atoms with Crippen LogP contribution in [0.4, 0.5) is 5.82 Å². The molecule has 3 N–H and O–H groups in total. The van der Waals surface area contributed by atoms with Crippen LogP contribution in [0.5, 0.6) is 5.88 Å². The van der Waals surface area contributed by atoms with Gasteiger partial charge in [0.05, 0.1) is 20.8 Å². The minimum atomic E-state index is -1.93. The molecular formula is C12H16N2O6. The molecule has 1 aromatic heterocycles. The second kappa shape index (κ2) is 6.20. The van der Waals surface area contributed by atoms with E-state index in [-0.39, 0.29) is 23.8 Å². The topological polar surface area (TPSA) is 118 Å². The van der Waals surface area contributed by atoms with E-state index in [9.17, 15) is 14.7 Å². The first-order valence-corrected chi connectivity index (χ1v) is 5.65. The molecule has 20 heavy (non-hydrogen) atoms. The van der Waals surface area contributed by atoms with Gasteiger partial charge in [-0.25, -0.2) is 9.59 Å². The van der Waals surface area contributed by atoms with Crippen LogP contribution in [0, 0.1) is 0 Å². The largest absolute Gasteiger partial charge is 0.480 e. The Morgan fingerprint density at radius 3 is 2.55 bits per heavy atom. The number of anilines is 1. The fraction of sp³-hybridized carbons (Fsp3) is 0.417. The lowest BCUT2D eigenvalue weighted by Crippen LogP contribution is -2.41. The Kier molecular flexibility index (Phi) is 4.87. The highest BCUT2D eigenvalue weighted by Gasteiger charge is 2.29. The molecule has 0 aromatic carbocycles. The van der Waals surface area contributed by atoms with E-state index in [1.54, 1.807) is 0 Å². The van der Waals surface area contributed by atoms with Gasteiger partial charge in [-0.15, -0.1) is 0 Å². The van der Waals surface area contributed by atoms with Gasteiger partial charge in [0.2, 0.25) is 5.88 Å². The predicted molar refractivity (Wildman–Crippen MR) is 68.9 cm³/mol. The Labute approximate surface area is 115 Å². The zero-order valence-corrected chi connectivity index (χ0v) is 11.3. The van der Waals surface area contributed by atoms with E-state index < -0.39 is 17.5 Å². The molecule has 1 unspecified atom stereocenters. The SMILES string of the molecule is COC(=O)c1ccc(NCC(C)(O)C(=O)O)nc1OC. The van der Waals surface area contributed by atoms with Crippen molar-refractivity contribution in [3.05, 3.63) is 17.7 Å². The Bertz CT molecular complexity index is 515. The van der Waals surface area contributed by atoms with Crippen molar-refractivity contribution >= 4 is 17.8 Å². The van der Waals surface area contributed by atoms with Crippen molar-refractivity contribution in [3.63, 3.8) is 0 Å². The lowest BCUT2D eigenvalue weighted by Gasteiger charge is -2.19. The van der Waals surface area contributed by atoms with Crippen LogP contribution in [0.2, 0.25) is 0 Å². The van der Waals surface area contributed by atoms with Crippen LogP contribution in [0.3, 0.4) is 0 Å². The summed E-state index contributed by atoms with van der Waals surface area (Å²) in [5, 5.41) is 21.0. The zero-order valence-electron chi connectivity index (χ0n) is 11.3. The van der Waals surface area contributed by atoms with Gasteiger partial charge in [0.1, 0.15) is 11.4 Å². The van der Waals surface area contributed by atoms with Crippen molar-refractivity contribution in [1.82, 2.24) is 4.98 Å². The molecule has 0 amide bonds. The number of esters is 1. The van der Waals surface area contributed by atoms with Crippen molar-refractivity contribution in [2.24, 2.45) is 0 Å². The first kappa shape index (κ1) is 15.7. The van der Waals surface area contributed by atoms with Gasteiger partial charge < -0.3 is 25.0 Å². The van der Waals surface area contributed by atoms with Crippen LogP contribution < -0.4 is 10.1 Å². The number of aromatic nitrogens is 1. The molecular weight excluding hydrogens is 268 g/mol. The molecule has 0 aliphatic carbocycles. The van der Waals surface area contributed by atoms with Crippen molar-refractivity contribution in [1.29, 1.82) is 0 Å². The van der Waals surface area contributed by atoms with E-state index in [0.29, 0.717) is 0 Å². The number of carboxylic acid groups (broad SMARTS) is 1. The summed E-state index contributed by atoms with van der Waals surface area (Å²) in [6, 6.07) is 2.88. The van der Waals surface area contributed by atoms with Gasteiger partial charge in [0.15, 0.2) is 5.60 Å². The van der Waals surface area contributed by atoms with Gasteiger partial charge in [0, 0.05) is 0 Å². The average Bonchev–Trinajstić information content (AvgIpc) is 2.43. The highest BCUT2D eigenvalue weighted by atomic mass is 16.5. The van der Waals surface area contributed by atoms with Crippen LogP contribution in [-0.2, 0) is 9.53 Å². The van der Waals surface area contributed by atoms with Crippen molar-refractivity contribution in [3.8, 4) is 5.88 Å². The summed E-state index contributed by atoms with van der Waals surface area (Å²) in [6.45, 7) is 0.901. The minimum Gasteiger partial charge on any atom is -0.480 e. The number of pyridine rings is 1. The third-order valence-electron chi connectivity index (χ3n) is 2.53. The summed E-state index contributed by atoms with van der Waals surface area (Å²) in [4.78, 5) is 26.2. The van der Waals surface area contributed by atoms with Crippen molar-refractivity contribution in [2.75, 3.05) is 26.1 Å². The normalized spacial score (nSPS) is 13.2. The van der Waals surface area contributed by atoms with Crippen LogP contribution >= 0.6 is 0 Å². The molecule has 1 aromatic rings. The second-order valence-corrected chi connectivity index (χ2v) is 4.18. The average molecular weight is 284 g/mol. The molecule has 0 fully saturated rings. The molecule has 1 heterocycles. The maximum absolute atomic E-state index is 11.4. The van der Waals surface area contributed by atoms with E-state index in [1.807, 2.05) is 0 Å². The van der Waals surface area contributed by atoms with Gasteiger partial charge in [-0.3, -0.25) is 0 Å². The zero-order chi connectivity index (χ0) is 15.3. The lowest BCUT2D eigenvalue weighted by molar-refractivity contribution is -0.155. The summed E-state index contributed by atoms with van der Waals surface area (Å²) in [5.41, 5.74) is -1.79. The highest BCUT2D eigenvalue weighted by molar-refractivity contribution is 5.92. The van der Waals surface area contributed by atoms with Gasteiger partial charge in [-0.05, 0) is 19.1 Å². The van der Waals surface area contributed by atoms with E-state index in [0.717, 1.165) is 6.92 Å². The molecule has 0 aliphatic rings. The molecule has 0 saturated heterocycles. The highest BCUT2D eigenvalue weighted by Crippen LogP contribution is 2.19. The number of aliphatic carboxylic acids is 1. The van der Waals surface area contributed by atoms with E-state index >= 15 is 0 Å². The predicted octanol–water partition coefficient (Wildman–Crippen LogP) is 0.124. The first-order valence-electron chi connectivity index (χ1n) is 5.65. The Balaban J connectivity index is 2.89. The first-order chi connectivity index (χ1) is 9.31. The maximum Gasteiger partial charge on any atom is 0.343 e. The second-order valence-electron chi connectivity index (χ2n) is 4.18. The number of hydrogen-bond donors (Lipinski definition) is 3. The molecule has 1 rings (SSSR count). The Hall–Kier alpha value is -2.35. The monoisotopic (exact) mass is 284 g/mol. The molecule has 0 bridgehead atoms. The fourth-order valence-corrected chi connectivity index (χ4v) is 1.30. The van der Waals surface area contributed by atoms with Crippen LogP contribution in [0.25, 0.3) is 0 Å². The number of nitrogens with zero attached hydrogens (tertiary/aromatic N) is 1. The van der Waals surface area contributed by atoms with Crippen molar-refractivity contribution < 1.29 is 29.3 Å². The third-order valence-corrected chi connectivity index (χ3v) is 2.53. The molecule has 1 atom stereocenters. The van der Waals surface area contributed by atoms with E-state index in [1.165, 1.54) is 26.4 Å². The van der Waals surface area contributed by atoms with Crippen LogP contribution in [0.15, 0.2) is 12.1 Å². The third kappa shape index (κ3) is 3.58. The van der Waals surface area contributed by atoms with Gasteiger partial charge >= 0.3 is 11.9 Å². The molecule has 0 radical (unpaired) electrons. The molecule has 110 valence electrons. The molecule has 8 heteroatoms. The number of carboxylic acids is 1. The number of nitrogens with one attached hydrogen (secondary N) is 1. The molecule has 0 saturated carbocycles. The maximum atomic E-state index is 11.4. The fourth-order valence-electron chi connectivity index (χ4n) is 1.30. The van der Waals surface area contributed by atoms with Gasteiger partial charge in [-0.2, -0.15) is 4.98 Å². The number of ether oxygens (including phenoxy) is 2. The summed E-state index contributed by atoms with van der Waals surface area (Å²) < 4.78 is 9.52. The number of carbonyl (C=O) groups is 2. The number of aliphatic hydroxyl groups is 1. The van der Waals surface area contributed by atoms with E-state index in [4.69, 9.17) is 9.84 Å². The standard InChI is InChI=1S/C12H16N2O6/c1-12(18,11(16)17)6-13-8-5-4-7(10(15)20-3)9(14-8)19-2/h4-5,18H,6H2,1-3H3,(H,13,14)(H,16,17). The summed E-state index contributed by atoms with van der Waals surface area (Å²) in [7, 11) is 2.57.